The van der Waals surface area contributed by atoms with Crippen molar-refractivity contribution in [3.63, 3.8) is 0 Å². The molecule has 0 radical (unpaired) electrons. The van der Waals surface area contributed by atoms with E-state index in [4.69, 9.17) is 10.5 Å². The van der Waals surface area contributed by atoms with E-state index in [1.807, 2.05) is 12.1 Å². The van der Waals surface area contributed by atoms with E-state index in [2.05, 4.69) is 45.0 Å². The van der Waals surface area contributed by atoms with Crippen molar-refractivity contribution in [2.45, 2.75) is 39.3 Å². The molecule has 0 aliphatic carbocycles. The average molecular weight is 275 g/mol. The molecule has 0 fully saturated rings. The fourth-order valence-corrected chi connectivity index (χ4v) is 2.92. The molecule has 0 aliphatic heterocycles. The van der Waals surface area contributed by atoms with E-state index < -0.39 is 0 Å². The molecule has 19 heavy (non-hydrogen) atoms. The second kappa shape index (κ2) is 6.22. The zero-order chi connectivity index (χ0) is 13.8. The lowest BCUT2D eigenvalue weighted by atomic mass is 10.1. The molecule has 1 heterocycles. The lowest BCUT2D eigenvalue weighted by Crippen LogP contribution is -2.30. The fraction of sp³-hybridized carbons (Fsp3) is 0.375. The minimum atomic E-state index is -0.0635. The van der Waals surface area contributed by atoms with Crippen LogP contribution in [0.3, 0.4) is 0 Å². The van der Waals surface area contributed by atoms with Crippen molar-refractivity contribution in [1.29, 1.82) is 0 Å². The molecular formula is C16H21NOS. The quantitative estimate of drug-likeness (QED) is 0.886. The molecule has 0 aliphatic rings. The number of benzene rings is 1. The minimum absolute atomic E-state index is 0.0133. The molecule has 2 nitrogen and oxygen atoms in total. The van der Waals surface area contributed by atoms with Gasteiger partial charge in [-0.25, -0.2) is 0 Å². The van der Waals surface area contributed by atoms with Crippen molar-refractivity contribution in [3.05, 3.63) is 51.7 Å². The van der Waals surface area contributed by atoms with Crippen molar-refractivity contribution in [1.82, 2.24) is 0 Å². The van der Waals surface area contributed by atoms with Gasteiger partial charge in [-0.2, -0.15) is 0 Å². The van der Waals surface area contributed by atoms with Crippen LogP contribution in [0.25, 0.3) is 0 Å². The maximum absolute atomic E-state index is 6.22. The number of hydrogen-bond donors (Lipinski definition) is 1. The monoisotopic (exact) mass is 275 g/mol. The van der Waals surface area contributed by atoms with Crippen LogP contribution in [-0.4, -0.2) is 6.04 Å². The zero-order valence-electron chi connectivity index (χ0n) is 11.7. The largest absolute Gasteiger partial charge is 0.483 e. The van der Waals surface area contributed by atoms with Gasteiger partial charge < -0.3 is 10.5 Å². The topological polar surface area (TPSA) is 35.2 Å². The summed E-state index contributed by atoms with van der Waals surface area (Å²) >= 11 is 1.76. The number of aryl methyl sites for hydroxylation is 2. The van der Waals surface area contributed by atoms with Gasteiger partial charge in [-0.3, -0.25) is 0 Å². The van der Waals surface area contributed by atoms with E-state index >= 15 is 0 Å². The van der Waals surface area contributed by atoms with Crippen LogP contribution in [0.15, 0.2) is 36.4 Å². The molecule has 2 aromatic rings. The second-order valence-corrected chi connectivity index (χ2v) is 6.19. The van der Waals surface area contributed by atoms with E-state index in [1.165, 1.54) is 15.3 Å². The van der Waals surface area contributed by atoms with Crippen molar-refractivity contribution < 1.29 is 4.74 Å². The van der Waals surface area contributed by atoms with E-state index in [1.54, 1.807) is 11.3 Å². The van der Waals surface area contributed by atoms with Crippen molar-refractivity contribution >= 4 is 11.3 Å². The average Bonchev–Trinajstić information content (AvgIpc) is 2.83. The molecule has 2 N–H and O–H groups in total. The Balaban J connectivity index is 2.21. The fourth-order valence-electron chi connectivity index (χ4n) is 1.94. The molecular weight excluding hydrogens is 254 g/mol. The Kier molecular flexibility index (Phi) is 4.61. The maximum Gasteiger partial charge on any atom is 0.148 e. The Morgan fingerprint density at radius 3 is 2.32 bits per heavy atom. The third kappa shape index (κ3) is 3.58. The SMILES string of the molecule is CCC(N)C(Oc1ccc(C)cc1)c1ccc(C)s1. The first-order chi connectivity index (χ1) is 9.10. The van der Waals surface area contributed by atoms with Gasteiger partial charge in [0, 0.05) is 15.8 Å². The Labute approximate surface area is 119 Å². The van der Waals surface area contributed by atoms with Gasteiger partial charge in [0.05, 0.1) is 0 Å². The Morgan fingerprint density at radius 2 is 1.79 bits per heavy atom. The highest BCUT2D eigenvalue weighted by atomic mass is 32.1. The van der Waals surface area contributed by atoms with Crippen molar-refractivity contribution in [3.8, 4) is 5.75 Å². The van der Waals surface area contributed by atoms with Crippen LogP contribution in [0.4, 0.5) is 0 Å². The second-order valence-electron chi connectivity index (χ2n) is 4.87. The van der Waals surface area contributed by atoms with Gasteiger partial charge in [0.1, 0.15) is 11.9 Å². The predicted octanol–water partition coefficient (Wildman–Crippen LogP) is 4.22. The van der Waals surface area contributed by atoms with Crippen LogP contribution < -0.4 is 10.5 Å². The smallest absolute Gasteiger partial charge is 0.148 e. The molecule has 102 valence electrons. The van der Waals surface area contributed by atoms with Crippen LogP contribution in [0.2, 0.25) is 0 Å². The number of ether oxygens (including phenoxy) is 1. The van der Waals surface area contributed by atoms with Gasteiger partial charge in [0.2, 0.25) is 0 Å². The summed E-state index contributed by atoms with van der Waals surface area (Å²) in [6, 6.07) is 12.4. The third-order valence-corrected chi connectivity index (χ3v) is 4.25. The third-order valence-electron chi connectivity index (χ3n) is 3.19. The highest BCUT2D eigenvalue weighted by Gasteiger charge is 2.22. The van der Waals surface area contributed by atoms with Crippen LogP contribution in [0, 0.1) is 13.8 Å². The first-order valence-corrected chi connectivity index (χ1v) is 7.47. The number of nitrogens with two attached hydrogens (primary N) is 1. The van der Waals surface area contributed by atoms with E-state index in [-0.39, 0.29) is 12.1 Å². The lowest BCUT2D eigenvalue weighted by Gasteiger charge is -2.23. The zero-order valence-corrected chi connectivity index (χ0v) is 12.5. The molecule has 1 aromatic carbocycles. The molecule has 1 aromatic heterocycles. The summed E-state index contributed by atoms with van der Waals surface area (Å²) in [5, 5.41) is 0. The summed E-state index contributed by atoms with van der Waals surface area (Å²) in [5.41, 5.74) is 7.45. The van der Waals surface area contributed by atoms with Gasteiger partial charge in [-0.05, 0) is 44.5 Å². The summed E-state index contributed by atoms with van der Waals surface area (Å²) < 4.78 is 6.11. The molecule has 0 bridgehead atoms. The standard InChI is InChI=1S/C16H21NOS/c1-4-14(17)16(15-10-7-12(3)19-15)18-13-8-5-11(2)6-9-13/h5-10,14,16H,4,17H2,1-3H3. The molecule has 2 rings (SSSR count). The van der Waals surface area contributed by atoms with E-state index in [9.17, 15) is 0 Å². The van der Waals surface area contributed by atoms with E-state index in [0.717, 1.165) is 12.2 Å². The Morgan fingerprint density at radius 1 is 1.11 bits per heavy atom. The van der Waals surface area contributed by atoms with Gasteiger partial charge in [0.15, 0.2) is 0 Å². The van der Waals surface area contributed by atoms with Gasteiger partial charge in [-0.15, -0.1) is 11.3 Å². The Hall–Kier alpha value is -1.32. The number of thiophene rings is 1. The molecule has 0 amide bonds. The van der Waals surface area contributed by atoms with Gasteiger partial charge in [0.25, 0.3) is 0 Å². The molecule has 3 heteroatoms. The van der Waals surface area contributed by atoms with E-state index in [0.29, 0.717) is 0 Å². The van der Waals surface area contributed by atoms with Crippen LogP contribution in [0.1, 0.15) is 34.8 Å². The molecule has 0 saturated carbocycles. The summed E-state index contributed by atoms with van der Waals surface area (Å²) in [6.45, 7) is 6.27. The molecule has 2 unspecified atom stereocenters. The van der Waals surface area contributed by atoms with Crippen LogP contribution >= 0.6 is 11.3 Å². The lowest BCUT2D eigenvalue weighted by molar-refractivity contribution is 0.174. The highest BCUT2D eigenvalue weighted by Crippen LogP contribution is 2.30. The van der Waals surface area contributed by atoms with Gasteiger partial charge >= 0.3 is 0 Å². The minimum Gasteiger partial charge on any atom is -0.483 e. The van der Waals surface area contributed by atoms with Crippen LogP contribution in [0.5, 0.6) is 5.75 Å². The summed E-state index contributed by atoms with van der Waals surface area (Å²) in [7, 11) is 0. The highest BCUT2D eigenvalue weighted by molar-refractivity contribution is 7.12. The van der Waals surface area contributed by atoms with Crippen molar-refractivity contribution in [2.75, 3.05) is 0 Å². The molecule has 2 atom stereocenters. The first kappa shape index (κ1) is 14.1. The number of rotatable bonds is 5. The normalized spacial score (nSPS) is 14.1. The summed E-state index contributed by atoms with van der Waals surface area (Å²) in [6.07, 6.45) is 0.833. The van der Waals surface area contributed by atoms with Crippen molar-refractivity contribution in [2.24, 2.45) is 5.73 Å². The molecule has 0 saturated heterocycles. The number of hydrogen-bond acceptors (Lipinski definition) is 3. The maximum atomic E-state index is 6.22. The summed E-state index contributed by atoms with van der Waals surface area (Å²) in [5.74, 6) is 0.880. The molecule has 0 spiro atoms. The predicted molar refractivity (Wildman–Crippen MR) is 81.9 cm³/mol. The first-order valence-electron chi connectivity index (χ1n) is 6.65. The van der Waals surface area contributed by atoms with Crippen LogP contribution in [-0.2, 0) is 0 Å². The summed E-state index contributed by atoms with van der Waals surface area (Å²) in [4.78, 5) is 2.49. The Bertz CT molecular complexity index is 518. The van der Waals surface area contributed by atoms with Gasteiger partial charge in [-0.1, -0.05) is 24.6 Å².